The third-order valence-corrected chi connectivity index (χ3v) is 5.68. The van der Waals surface area contributed by atoms with E-state index in [1.165, 1.54) is 11.3 Å². The second-order valence-electron chi connectivity index (χ2n) is 7.70. The van der Waals surface area contributed by atoms with E-state index in [1.54, 1.807) is 4.68 Å². The number of imidazole rings is 1. The van der Waals surface area contributed by atoms with Gasteiger partial charge in [-0.25, -0.2) is 19.9 Å². The predicted octanol–water partition coefficient (Wildman–Crippen LogP) is 3.53. The van der Waals surface area contributed by atoms with Gasteiger partial charge < -0.3 is 4.57 Å². The normalized spacial score (nSPS) is 19.1. The lowest BCUT2D eigenvalue weighted by molar-refractivity contribution is 0.326. The van der Waals surface area contributed by atoms with Crippen molar-refractivity contribution in [2.45, 2.75) is 45.4 Å². The summed E-state index contributed by atoms with van der Waals surface area (Å²) in [5.74, 6) is 5.23. The van der Waals surface area contributed by atoms with Crippen LogP contribution in [0.1, 0.15) is 53.7 Å². The first-order valence-electron chi connectivity index (χ1n) is 9.67. The molecule has 7 heteroatoms. The molecule has 0 N–H and O–H groups in total. The highest BCUT2D eigenvalue weighted by Gasteiger charge is 2.35. The summed E-state index contributed by atoms with van der Waals surface area (Å²) < 4.78 is 4.03. The van der Waals surface area contributed by atoms with Gasteiger partial charge in [0.15, 0.2) is 5.82 Å². The maximum atomic E-state index is 4.87. The van der Waals surface area contributed by atoms with Crippen LogP contribution in [-0.4, -0.2) is 34.3 Å². The molecule has 7 nitrogen and oxygen atoms in total. The first kappa shape index (κ1) is 17.0. The molecule has 4 aromatic rings. The molecule has 142 valence electrons. The van der Waals surface area contributed by atoms with E-state index in [9.17, 15) is 0 Å². The quantitative estimate of drug-likeness (QED) is 0.549. The van der Waals surface area contributed by atoms with Crippen molar-refractivity contribution in [1.29, 1.82) is 0 Å². The molecule has 0 amide bonds. The molecule has 1 saturated carbocycles. The Balaban J connectivity index is 1.41. The van der Waals surface area contributed by atoms with Crippen molar-refractivity contribution >= 4 is 11.0 Å². The number of aromatic nitrogens is 7. The number of hydrogen-bond acceptors (Lipinski definition) is 5. The number of para-hydroxylation sites is 2. The fourth-order valence-corrected chi connectivity index (χ4v) is 4.23. The maximum absolute atomic E-state index is 4.87. The van der Waals surface area contributed by atoms with Crippen molar-refractivity contribution in [3.63, 3.8) is 0 Å². The molecule has 0 spiro atoms. The fraction of sp³-hybridized carbons (Fsp3) is 0.381. The van der Waals surface area contributed by atoms with Crippen molar-refractivity contribution in [1.82, 2.24) is 34.3 Å². The van der Waals surface area contributed by atoms with Crippen LogP contribution in [0.2, 0.25) is 0 Å². The Morgan fingerprint density at radius 1 is 0.893 bits per heavy atom. The third-order valence-electron chi connectivity index (χ3n) is 5.68. The van der Waals surface area contributed by atoms with Crippen LogP contribution in [0.25, 0.3) is 16.9 Å². The zero-order valence-corrected chi connectivity index (χ0v) is 16.6. The second-order valence-corrected chi connectivity index (χ2v) is 7.70. The van der Waals surface area contributed by atoms with Crippen LogP contribution in [0, 0.1) is 20.8 Å². The molecule has 0 radical (unpaired) electrons. The van der Waals surface area contributed by atoms with Gasteiger partial charge in [0.25, 0.3) is 0 Å². The van der Waals surface area contributed by atoms with Crippen molar-refractivity contribution in [2.75, 3.05) is 0 Å². The smallest absolute Gasteiger partial charge is 0.159 e. The number of fused-ring (bicyclic) bond motifs is 1. The van der Waals surface area contributed by atoms with Gasteiger partial charge in [-0.3, -0.25) is 0 Å². The minimum absolute atomic E-state index is 0.426. The van der Waals surface area contributed by atoms with E-state index in [-0.39, 0.29) is 0 Å². The van der Waals surface area contributed by atoms with E-state index in [0.29, 0.717) is 11.8 Å². The van der Waals surface area contributed by atoms with Crippen LogP contribution in [0.3, 0.4) is 0 Å². The van der Waals surface area contributed by atoms with Crippen LogP contribution in [0.5, 0.6) is 0 Å². The molecule has 1 fully saturated rings. The molecule has 1 aliphatic rings. The van der Waals surface area contributed by atoms with Crippen LogP contribution < -0.4 is 0 Å². The number of hydrogen-bond donors (Lipinski definition) is 0. The van der Waals surface area contributed by atoms with Gasteiger partial charge in [-0.1, -0.05) is 12.1 Å². The fourth-order valence-electron chi connectivity index (χ4n) is 4.23. The molecule has 0 bridgehead atoms. The Morgan fingerprint density at radius 2 is 1.68 bits per heavy atom. The molecular weight excluding hydrogens is 350 g/mol. The van der Waals surface area contributed by atoms with Gasteiger partial charge in [-0.15, -0.1) is 5.10 Å². The summed E-state index contributed by atoms with van der Waals surface area (Å²) in [5.41, 5.74) is 3.35. The number of nitrogens with zero attached hydrogens (tertiary/aromatic N) is 7. The van der Waals surface area contributed by atoms with E-state index in [4.69, 9.17) is 9.97 Å². The molecule has 0 atom stereocenters. The summed E-state index contributed by atoms with van der Waals surface area (Å²) >= 11 is 0. The van der Waals surface area contributed by atoms with E-state index in [1.807, 2.05) is 26.8 Å². The van der Waals surface area contributed by atoms with Crippen molar-refractivity contribution in [2.24, 2.45) is 7.05 Å². The lowest BCUT2D eigenvalue weighted by Crippen LogP contribution is -2.24. The molecule has 5 rings (SSSR count). The van der Waals surface area contributed by atoms with Gasteiger partial charge in [0.1, 0.15) is 23.3 Å². The summed E-state index contributed by atoms with van der Waals surface area (Å²) in [6, 6.07) is 10.4. The van der Waals surface area contributed by atoms with Crippen molar-refractivity contribution < 1.29 is 0 Å². The molecule has 0 saturated heterocycles. The molecule has 28 heavy (non-hydrogen) atoms. The van der Waals surface area contributed by atoms with Gasteiger partial charge in [-0.05, 0) is 45.7 Å². The minimum Gasteiger partial charge on any atom is -0.331 e. The highest BCUT2D eigenvalue weighted by molar-refractivity contribution is 5.75. The summed E-state index contributed by atoms with van der Waals surface area (Å²) in [6.07, 6.45) is 2.12. The van der Waals surface area contributed by atoms with E-state index >= 15 is 0 Å². The summed E-state index contributed by atoms with van der Waals surface area (Å²) in [7, 11) is 2.11. The monoisotopic (exact) mass is 373 g/mol. The number of benzene rings is 1. The lowest BCUT2D eigenvalue weighted by atomic mass is 9.72. The topological polar surface area (TPSA) is 74.3 Å². The van der Waals surface area contributed by atoms with Gasteiger partial charge in [-0.2, -0.15) is 4.68 Å². The molecule has 3 heterocycles. The van der Waals surface area contributed by atoms with Crippen LogP contribution in [-0.2, 0) is 7.05 Å². The molecule has 0 aliphatic heterocycles. The van der Waals surface area contributed by atoms with Gasteiger partial charge in [0.05, 0.1) is 11.0 Å². The summed E-state index contributed by atoms with van der Waals surface area (Å²) in [6.45, 7) is 5.78. The zero-order chi connectivity index (χ0) is 19.4. The number of rotatable bonds is 3. The van der Waals surface area contributed by atoms with Gasteiger partial charge in [0, 0.05) is 30.6 Å². The van der Waals surface area contributed by atoms with E-state index in [0.717, 1.165) is 47.3 Å². The standard InChI is InChI=1S/C21H23N7/c1-12-23-18(11-20(24-12)28-14(3)22-13(2)26-28)15-9-16(10-15)21-25-17-7-5-6-8-19(17)27(21)4/h5-8,11,15-16H,9-10H2,1-4H3. The first-order chi connectivity index (χ1) is 13.5. The molecule has 1 aliphatic carbocycles. The Morgan fingerprint density at radius 3 is 2.39 bits per heavy atom. The zero-order valence-electron chi connectivity index (χ0n) is 16.6. The van der Waals surface area contributed by atoms with Crippen LogP contribution in [0.15, 0.2) is 30.3 Å². The van der Waals surface area contributed by atoms with E-state index < -0.39 is 0 Å². The highest BCUT2D eigenvalue weighted by atomic mass is 15.4. The van der Waals surface area contributed by atoms with Gasteiger partial charge in [0.2, 0.25) is 0 Å². The molecule has 3 aromatic heterocycles. The molecule has 1 aromatic carbocycles. The second kappa shape index (κ2) is 6.22. The van der Waals surface area contributed by atoms with E-state index in [2.05, 4.69) is 50.9 Å². The summed E-state index contributed by atoms with van der Waals surface area (Å²) in [5, 5.41) is 4.47. The van der Waals surface area contributed by atoms with Crippen molar-refractivity contribution in [3.05, 3.63) is 59.3 Å². The first-order valence-corrected chi connectivity index (χ1v) is 9.67. The summed E-state index contributed by atoms with van der Waals surface area (Å²) in [4.78, 5) is 18.5. The van der Waals surface area contributed by atoms with Crippen LogP contribution >= 0.6 is 0 Å². The average Bonchev–Trinajstić information content (AvgIpc) is 3.13. The van der Waals surface area contributed by atoms with Gasteiger partial charge >= 0.3 is 0 Å². The number of aryl methyl sites for hydroxylation is 4. The molecular formula is C21H23N7. The molecule has 0 unspecified atom stereocenters. The Labute approximate surface area is 163 Å². The SMILES string of the molecule is Cc1nc(C2CC(c3nc4ccccc4n3C)C2)cc(-n2nc(C)nc2C)n1. The Bertz CT molecular complexity index is 1180. The Kier molecular flexibility index (Phi) is 3.79. The van der Waals surface area contributed by atoms with Crippen LogP contribution in [0.4, 0.5) is 0 Å². The lowest BCUT2D eigenvalue weighted by Gasteiger charge is -2.34. The predicted molar refractivity (Wildman–Crippen MR) is 107 cm³/mol. The highest BCUT2D eigenvalue weighted by Crippen LogP contribution is 2.47. The van der Waals surface area contributed by atoms with Crippen molar-refractivity contribution in [3.8, 4) is 5.82 Å². The third kappa shape index (κ3) is 2.69. The average molecular weight is 373 g/mol. The largest absolute Gasteiger partial charge is 0.331 e. The maximum Gasteiger partial charge on any atom is 0.159 e. The minimum atomic E-state index is 0.426. The Hall–Kier alpha value is -3.09.